The number of fused-ring (bicyclic) bond motifs is 2. The molecule has 0 bridgehead atoms. The van der Waals surface area contributed by atoms with Crippen LogP contribution in [0.1, 0.15) is 18.9 Å². The number of aromatic nitrogens is 1. The molecule has 0 aliphatic carbocycles. The first-order valence-corrected chi connectivity index (χ1v) is 9.69. The SMILES string of the molecule is CC1CCN(C(=O)Cc2c[nH]c3ccccc23)c2cc(Cl)ccc2S1. The maximum atomic E-state index is 13.1. The summed E-state index contributed by atoms with van der Waals surface area (Å²) in [6.45, 7) is 2.93. The zero-order chi connectivity index (χ0) is 17.4. The van der Waals surface area contributed by atoms with Crippen LogP contribution in [0.5, 0.6) is 0 Å². The third-order valence-corrected chi connectivity index (χ3v) is 6.09. The molecule has 1 N–H and O–H groups in total. The first-order chi connectivity index (χ1) is 12.1. The van der Waals surface area contributed by atoms with Crippen molar-refractivity contribution in [2.75, 3.05) is 11.4 Å². The number of thioether (sulfide) groups is 1. The largest absolute Gasteiger partial charge is 0.361 e. The van der Waals surface area contributed by atoms with Gasteiger partial charge < -0.3 is 9.88 Å². The van der Waals surface area contributed by atoms with Gasteiger partial charge in [-0.05, 0) is 36.2 Å². The summed E-state index contributed by atoms with van der Waals surface area (Å²) >= 11 is 8.02. The highest BCUT2D eigenvalue weighted by atomic mass is 35.5. The summed E-state index contributed by atoms with van der Waals surface area (Å²) in [7, 11) is 0. The zero-order valence-electron chi connectivity index (χ0n) is 14.0. The summed E-state index contributed by atoms with van der Waals surface area (Å²) in [5.74, 6) is 0.114. The van der Waals surface area contributed by atoms with E-state index in [0.29, 0.717) is 16.7 Å². The minimum Gasteiger partial charge on any atom is -0.361 e. The highest BCUT2D eigenvalue weighted by Crippen LogP contribution is 2.39. The van der Waals surface area contributed by atoms with Crippen molar-refractivity contribution in [2.45, 2.75) is 29.9 Å². The van der Waals surface area contributed by atoms with Gasteiger partial charge in [-0.3, -0.25) is 4.79 Å². The van der Waals surface area contributed by atoms with Crippen LogP contribution >= 0.6 is 23.4 Å². The molecule has 25 heavy (non-hydrogen) atoms. The molecule has 1 amide bonds. The third kappa shape index (κ3) is 3.29. The van der Waals surface area contributed by atoms with Crippen LogP contribution < -0.4 is 4.90 Å². The third-order valence-electron chi connectivity index (χ3n) is 4.62. The first-order valence-electron chi connectivity index (χ1n) is 8.43. The van der Waals surface area contributed by atoms with Crippen LogP contribution in [0.4, 0.5) is 5.69 Å². The van der Waals surface area contributed by atoms with Gasteiger partial charge in [-0.15, -0.1) is 11.8 Å². The molecule has 0 radical (unpaired) electrons. The average Bonchev–Trinajstić information content (AvgIpc) is 2.92. The number of nitrogens with one attached hydrogen (secondary N) is 1. The lowest BCUT2D eigenvalue weighted by atomic mass is 10.1. The highest BCUT2D eigenvalue weighted by molar-refractivity contribution is 8.00. The Labute approximate surface area is 156 Å². The van der Waals surface area contributed by atoms with Crippen molar-refractivity contribution in [1.29, 1.82) is 0 Å². The van der Waals surface area contributed by atoms with E-state index in [2.05, 4.69) is 18.0 Å². The quantitative estimate of drug-likeness (QED) is 0.666. The fourth-order valence-corrected chi connectivity index (χ4v) is 4.56. The Balaban J connectivity index is 1.67. The molecule has 1 aromatic heterocycles. The molecular weight excluding hydrogens is 352 g/mol. The van der Waals surface area contributed by atoms with Crippen molar-refractivity contribution in [1.82, 2.24) is 4.98 Å². The normalized spacial score (nSPS) is 17.4. The van der Waals surface area contributed by atoms with Gasteiger partial charge in [-0.2, -0.15) is 0 Å². The lowest BCUT2D eigenvalue weighted by molar-refractivity contribution is -0.118. The molecule has 4 rings (SSSR count). The van der Waals surface area contributed by atoms with Crippen LogP contribution in [0.2, 0.25) is 5.02 Å². The number of carbonyl (C=O) groups excluding carboxylic acids is 1. The maximum Gasteiger partial charge on any atom is 0.231 e. The topological polar surface area (TPSA) is 36.1 Å². The predicted octanol–water partition coefficient (Wildman–Crippen LogP) is 5.28. The number of anilines is 1. The van der Waals surface area contributed by atoms with Crippen molar-refractivity contribution >= 4 is 45.9 Å². The molecule has 0 spiro atoms. The smallest absolute Gasteiger partial charge is 0.231 e. The van der Waals surface area contributed by atoms with Gasteiger partial charge in [0, 0.05) is 38.8 Å². The summed E-state index contributed by atoms with van der Waals surface area (Å²) in [6, 6.07) is 13.9. The van der Waals surface area contributed by atoms with Crippen LogP contribution in [0.15, 0.2) is 53.6 Å². The molecular formula is C20H19ClN2OS. The Morgan fingerprint density at radius 1 is 1.32 bits per heavy atom. The van der Waals surface area contributed by atoms with E-state index in [9.17, 15) is 4.79 Å². The number of H-pyrrole nitrogens is 1. The van der Waals surface area contributed by atoms with E-state index in [0.717, 1.165) is 40.0 Å². The van der Waals surface area contributed by atoms with E-state index < -0.39 is 0 Å². The van der Waals surface area contributed by atoms with Gasteiger partial charge in [0.15, 0.2) is 0 Å². The standard InChI is InChI=1S/C20H19ClN2OS/c1-13-8-9-23(18-11-15(21)6-7-19(18)25-13)20(24)10-14-12-22-17-5-3-2-4-16(14)17/h2-7,11-13,22H,8-10H2,1H3. The summed E-state index contributed by atoms with van der Waals surface area (Å²) in [6.07, 6.45) is 3.29. The Hall–Kier alpha value is -1.91. The van der Waals surface area contributed by atoms with Crippen molar-refractivity contribution in [3.05, 3.63) is 59.2 Å². The van der Waals surface area contributed by atoms with E-state index in [4.69, 9.17) is 11.6 Å². The fraction of sp³-hybridized carbons (Fsp3) is 0.250. The zero-order valence-corrected chi connectivity index (χ0v) is 15.5. The van der Waals surface area contributed by atoms with Gasteiger partial charge in [-0.1, -0.05) is 36.7 Å². The number of benzene rings is 2. The molecule has 1 aliphatic rings. The summed E-state index contributed by atoms with van der Waals surface area (Å²) in [5, 5.41) is 2.25. The number of para-hydroxylation sites is 1. The van der Waals surface area contributed by atoms with Crippen molar-refractivity contribution in [3.63, 3.8) is 0 Å². The van der Waals surface area contributed by atoms with Crippen LogP contribution in [-0.2, 0) is 11.2 Å². The molecule has 1 aliphatic heterocycles. The van der Waals surface area contributed by atoms with Gasteiger partial charge >= 0.3 is 0 Å². The van der Waals surface area contributed by atoms with Crippen LogP contribution in [0.3, 0.4) is 0 Å². The van der Waals surface area contributed by atoms with Gasteiger partial charge in [0.25, 0.3) is 0 Å². The summed E-state index contributed by atoms with van der Waals surface area (Å²) in [4.78, 5) is 19.4. The van der Waals surface area contributed by atoms with E-state index in [1.165, 1.54) is 0 Å². The number of hydrogen-bond donors (Lipinski definition) is 1. The molecule has 2 heterocycles. The molecule has 2 aromatic carbocycles. The van der Waals surface area contributed by atoms with E-state index in [-0.39, 0.29) is 5.91 Å². The van der Waals surface area contributed by atoms with Crippen molar-refractivity contribution in [2.24, 2.45) is 0 Å². The number of halogens is 1. The minimum absolute atomic E-state index is 0.114. The predicted molar refractivity (Wildman–Crippen MR) is 106 cm³/mol. The van der Waals surface area contributed by atoms with E-state index in [1.807, 2.05) is 59.3 Å². The Bertz CT molecular complexity index is 936. The number of amides is 1. The number of carbonyl (C=O) groups is 1. The van der Waals surface area contributed by atoms with Crippen LogP contribution in [0, 0.1) is 0 Å². The minimum atomic E-state index is 0.114. The van der Waals surface area contributed by atoms with Crippen LogP contribution in [0.25, 0.3) is 10.9 Å². The molecule has 1 atom stereocenters. The molecule has 5 heteroatoms. The number of rotatable bonds is 2. The second kappa shape index (κ2) is 6.77. The Morgan fingerprint density at radius 2 is 2.16 bits per heavy atom. The Kier molecular flexibility index (Phi) is 4.48. The van der Waals surface area contributed by atoms with Crippen molar-refractivity contribution in [3.8, 4) is 0 Å². The summed E-state index contributed by atoms with van der Waals surface area (Å²) < 4.78 is 0. The number of hydrogen-bond acceptors (Lipinski definition) is 2. The molecule has 128 valence electrons. The lowest BCUT2D eigenvalue weighted by Crippen LogP contribution is -2.33. The molecule has 0 fully saturated rings. The van der Waals surface area contributed by atoms with Gasteiger partial charge in [-0.25, -0.2) is 0 Å². The highest BCUT2D eigenvalue weighted by Gasteiger charge is 2.25. The monoisotopic (exact) mass is 370 g/mol. The Morgan fingerprint density at radius 3 is 3.04 bits per heavy atom. The molecule has 0 saturated heterocycles. The van der Waals surface area contributed by atoms with Gasteiger partial charge in [0.05, 0.1) is 12.1 Å². The number of nitrogens with zero attached hydrogens (tertiary/aromatic N) is 1. The van der Waals surface area contributed by atoms with E-state index >= 15 is 0 Å². The molecule has 1 unspecified atom stereocenters. The van der Waals surface area contributed by atoms with E-state index in [1.54, 1.807) is 0 Å². The lowest BCUT2D eigenvalue weighted by Gasteiger charge is -2.22. The van der Waals surface area contributed by atoms with Gasteiger partial charge in [0.1, 0.15) is 0 Å². The summed E-state index contributed by atoms with van der Waals surface area (Å²) in [5.41, 5.74) is 3.04. The van der Waals surface area contributed by atoms with Crippen LogP contribution in [-0.4, -0.2) is 22.7 Å². The molecule has 0 saturated carbocycles. The average molecular weight is 371 g/mol. The number of aromatic amines is 1. The first kappa shape index (κ1) is 16.6. The van der Waals surface area contributed by atoms with Gasteiger partial charge in [0.2, 0.25) is 5.91 Å². The second-order valence-corrected chi connectivity index (χ2v) is 8.33. The fourth-order valence-electron chi connectivity index (χ4n) is 3.30. The maximum absolute atomic E-state index is 13.1. The molecule has 3 aromatic rings. The molecule has 3 nitrogen and oxygen atoms in total. The van der Waals surface area contributed by atoms with Crippen molar-refractivity contribution < 1.29 is 4.79 Å². The second-order valence-electron chi connectivity index (χ2n) is 6.41.